The number of aryl methyl sites for hydroxylation is 2. The maximum Gasteiger partial charge on any atom is 0.152 e. The number of aromatic nitrogens is 3. The molecule has 17 heavy (non-hydrogen) atoms. The third-order valence-electron chi connectivity index (χ3n) is 2.57. The highest BCUT2D eigenvalue weighted by Crippen LogP contribution is 2.24. The van der Waals surface area contributed by atoms with E-state index in [0.717, 1.165) is 16.8 Å². The molecule has 0 saturated carbocycles. The quantitative estimate of drug-likeness (QED) is 0.852. The highest BCUT2D eigenvalue weighted by molar-refractivity contribution is 6.31. The first-order chi connectivity index (χ1) is 8.06. The largest absolute Gasteiger partial charge is 0.376 e. The molecule has 0 radical (unpaired) electrons. The number of halogens is 1. The highest BCUT2D eigenvalue weighted by Gasteiger charge is 2.10. The van der Waals surface area contributed by atoms with E-state index >= 15 is 0 Å². The zero-order chi connectivity index (χ0) is 12.4. The van der Waals surface area contributed by atoms with Gasteiger partial charge in [-0.15, -0.1) is 0 Å². The van der Waals surface area contributed by atoms with Crippen molar-refractivity contribution in [1.29, 1.82) is 0 Å². The first-order valence-electron chi connectivity index (χ1n) is 5.43. The van der Waals surface area contributed by atoms with Gasteiger partial charge in [-0.1, -0.05) is 11.6 Å². The summed E-state index contributed by atoms with van der Waals surface area (Å²) in [5.74, 6) is 0. The molecule has 0 bridgehead atoms. The minimum atomic E-state index is 0.143. The minimum Gasteiger partial charge on any atom is -0.376 e. The molecule has 2 aromatic heterocycles. The third-order valence-corrected chi connectivity index (χ3v) is 2.87. The summed E-state index contributed by atoms with van der Waals surface area (Å²) >= 11 is 6.04. The number of nitrogens with zero attached hydrogens (tertiary/aromatic N) is 3. The summed E-state index contributed by atoms with van der Waals surface area (Å²) < 4.78 is 1.78. The second-order valence-corrected chi connectivity index (χ2v) is 4.52. The molecule has 90 valence electrons. The van der Waals surface area contributed by atoms with E-state index in [1.807, 2.05) is 32.4 Å². The molecule has 0 amide bonds. The van der Waals surface area contributed by atoms with Gasteiger partial charge in [0.25, 0.3) is 0 Å². The van der Waals surface area contributed by atoms with Gasteiger partial charge in [0.1, 0.15) is 0 Å². The number of pyridine rings is 1. The Morgan fingerprint density at radius 1 is 1.41 bits per heavy atom. The third kappa shape index (κ3) is 2.77. The van der Waals surface area contributed by atoms with Crippen molar-refractivity contribution >= 4 is 17.3 Å². The number of anilines is 1. The van der Waals surface area contributed by atoms with Crippen LogP contribution in [0.15, 0.2) is 24.7 Å². The van der Waals surface area contributed by atoms with Crippen LogP contribution in [0.3, 0.4) is 0 Å². The lowest BCUT2D eigenvalue weighted by atomic mass is 10.2. The summed E-state index contributed by atoms with van der Waals surface area (Å²) in [5, 5.41) is 7.97. The van der Waals surface area contributed by atoms with Crippen molar-refractivity contribution in [3.8, 4) is 0 Å². The minimum absolute atomic E-state index is 0.143. The smallest absolute Gasteiger partial charge is 0.152 e. The summed E-state index contributed by atoms with van der Waals surface area (Å²) in [4.78, 5) is 4.11. The molecule has 0 aliphatic carbocycles. The molecule has 5 heteroatoms. The van der Waals surface area contributed by atoms with Crippen LogP contribution in [0.1, 0.15) is 24.1 Å². The van der Waals surface area contributed by atoms with Crippen LogP contribution in [-0.2, 0) is 7.05 Å². The van der Waals surface area contributed by atoms with Crippen molar-refractivity contribution in [3.05, 3.63) is 40.9 Å². The van der Waals surface area contributed by atoms with E-state index in [0.29, 0.717) is 5.15 Å². The fourth-order valence-corrected chi connectivity index (χ4v) is 1.79. The van der Waals surface area contributed by atoms with Gasteiger partial charge >= 0.3 is 0 Å². The average molecular weight is 251 g/mol. The first-order valence-corrected chi connectivity index (χ1v) is 5.81. The van der Waals surface area contributed by atoms with Crippen LogP contribution in [0.25, 0.3) is 0 Å². The van der Waals surface area contributed by atoms with E-state index in [4.69, 9.17) is 11.6 Å². The van der Waals surface area contributed by atoms with Crippen molar-refractivity contribution in [2.24, 2.45) is 7.05 Å². The van der Waals surface area contributed by atoms with E-state index in [1.54, 1.807) is 10.9 Å². The Morgan fingerprint density at radius 2 is 2.18 bits per heavy atom. The molecule has 4 nitrogen and oxygen atoms in total. The van der Waals surface area contributed by atoms with Crippen molar-refractivity contribution in [3.63, 3.8) is 0 Å². The highest BCUT2D eigenvalue weighted by atomic mass is 35.5. The second kappa shape index (κ2) is 4.75. The summed E-state index contributed by atoms with van der Waals surface area (Å²) in [6.45, 7) is 4.05. The maximum atomic E-state index is 6.04. The topological polar surface area (TPSA) is 42.7 Å². The zero-order valence-electron chi connectivity index (χ0n) is 10.1. The lowest BCUT2D eigenvalue weighted by molar-refractivity contribution is 0.765. The Hall–Kier alpha value is -1.55. The number of nitrogens with one attached hydrogen (secondary N) is 1. The molecule has 2 rings (SSSR count). The summed E-state index contributed by atoms with van der Waals surface area (Å²) in [5.41, 5.74) is 3.04. The van der Waals surface area contributed by atoms with Crippen molar-refractivity contribution in [2.75, 3.05) is 5.32 Å². The average Bonchev–Trinajstić information content (AvgIpc) is 2.70. The van der Waals surface area contributed by atoms with E-state index in [2.05, 4.69) is 22.3 Å². The molecule has 0 aromatic carbocycles. The van der Waals surface area contributed by atoms with Gasteiger partial charge in [-0.3, -0.25) is 4.68 Å². The lowest BCUT2D eigenvalue weighted by Crippen LogP contribution is -2.07. The van der Waals surface area contributed by atoms with Crippen molar-refractivity contribution in [2.45, 2.75) is 19.9 Å². The first kappa shape index (κ1) is 11.9. The van der Waals surface area contributed by atoms with Crippen LogP contribution < -0.4 is 5.32 Å². The Kier molecular flexibility index (Phi) is 3.33. The molecule has 0 saturated heterocycles. The molecule has 1 N–H and O–H groups in total. The van der Waals surface area contributed by atoms with E-state index in [-0.39, 0.29) is 6.04 Å². The number of rotatable bonds is 3. The molecule has 2 heterocycles. The van der Waals surface area contributed by atoms with Crippen LogP contribution in [0.2, 0.25) is 5.15 Å². The van der Waals surface area contributed by atoms with Crippen LogP contribution >= 0.6 is 11.6 Å². The molecular formula is C12H15ClN4. The molecule has 0 spiro atoms. The van der Waals surface area contributed by atoms with E-state index in [1.165, 1.54) is 0 Å². The Morgan fingerprint density at radius 3 is 2.82 bits per heavy atom. The van der Waals surface area contributed by atoms with E-state index in [9.17, 15) is 0 Å². The molecule has 0 aliphatic heterocycles. The van der Waals surface area contributed by atoms with Crippen molar-refractivity contribution in [1.82, 2.24) is 14.8 Å². The lowest BCUT2D eigenvalue weighted by Gasteiger charge is -2.14. The van der Waals surface area contributed by atoms with Gasteiger partial charge in [0.15, 0.2) is 5.15 Å². The molecular weight excluding hydrogens is 236 g/mol. The summed E-state index contributed by atoms with van der Waals surface area (Å²) in [7, 11) is 1.90. The molecule has 1 atom stereocenters. The van der Waals surface area contributed by atoms with Crippen molar-refractivity contribution < 1.29 is 0 Å². The van der Waals surface area contributed by atoms with Gasteiger partial charge in [-0.25, -0.2) is 4.98 Å². The molecule has 2 aromatic rings. The predicted molar refractivity (Wildman–Crippen MR) is 69.2 cm³/mol. The van der Waals surface area contributed by atoms with Crippen LogP contribution in [0.5, 0.6) is 0 Å². The molecule has 0 aliphatic rings. The zero-order valence-corrected chi connectivity index (χ0v) is 10.9. The molecule has 0 fully saturated rings. The van der Waals surface area contributed by atoms with E-state index < -0.39 is 0 Å². The summed E-state index contributed by atoms with van der Waals surface area (Å²) in [6, 6.07) is 2.13. The Labute approximate surface area is 106 Å². The van der Waals surface area contributed by atoms with Crippen LogP contribution in [0, 0.1) is 6.92 Å². The van der Waals surface area contributed by atoms with Gasteiger partial charge < -0.3 is 5.32 Å². The fourth-order valence-electron chi connectivity index (χ4n) is 1.63. The fraction of sp³-hybridized carbons (Fsp3) is 0.333. The van der Waals surface area contributed by atoms with Gasteiger partial charge in [-0.2, -0.15) is 5.10 Å². The summed E-state index contributed by atoms with van der Waals surface area (Å²) in [6.07, 6.45) is 5.58. The standard InChI is InChI=1S/C12H15ClN4/c1-8-4-11(12(13)14-5-8)16-9(2)10-6-15-17(3)7-10/h4-7,9,16H,1-3H3. The van der Waals surface area contributed by atoms with Gasteiger partial charge in [0.05, 0.1) is 17.9 Å². The van der Waals surface area contributed by atoms with Gasteiger partial charge in [0.2, 0.25) is 0 Å². The Bertz CT molecular complexity index is 521. The van der Waals surface area contributed by atoms with Gasteiger partial charge in [-0.05, 0) is 25.5 Å². The van der Waals surface area contributed by atoms with Crippen LogP contribution in [0.4, 0.5) is 5.69 Å². The van der Waals surface area contributed by atoms with Crippen LogP contribution in [-0.4, -0.2) is 14.8 Å². The SMILES string of the molecule is Cc1cnc(Cl)c(NC(C)c2cnn(C)c2)c1. The molecule has 1 unspecified atom stereocenters. The normalized spacial score (nSPS) is 12.5. The number of hydrogen-bond donors (Lipinski definition) is 1. The Balaban J connectivity index is 2.18. The second-order valence-electron chi connectivity index (χ2n) is 4.16. The maximum absolute atomic E-state index is 6.04. The number of hydrogen-bond acceptors (Lipinski definition) is 3. The monoisotopic (exact) mass is 250 g/mol. The van der Waals surface area contributed by atoms with Gasteiger partial charge in [0, 0.05) is 25.0 Å². The predicted octanol–water partition coefficient (Wildman–Crippen LogP) is 2.95.